The van der Waals surface area contributed by atoms with Crippen LogP contribution in [0, 0.1) is 0 Å². The number of thiophene rings is 2. The Balaban J connectivity index is 0.000000171. The monoisotopic (exact) mass is 454 g/mol. The van der Waals surface area contributed by atoms with Crippen LogP contribution in [0.5, 0.6) is 0 Å². The van der Waals surface area contributed by atoms with Crippen molar-refractivity contribution in [3.8, 4) is 20.9 Å². The van der Waals surface area contributed by atoms with Gasteiger partial charge in [-0.1, -0.05) is 48.5 Å². The SMILES string of the molecule is O=Cc1ccc(-c2ccc(CCl)cc2)s1.O=Cc1ccc(-c2ccc(CO)cc2)s1. The second-order valence-electron chi connectivity index (χ2n) is 6.33. The summed E-state index contributed by atoms with van der Waals surface area (Å²) in [6.07, 6.45) is 1.73. The number of carbonyl (C=O) groups is 2. The van der Waals surface area contributed by atoms with E-state index in [2.05, 4.69) is 0 Å². The lowest BCUT2D eigenvalue weighted by Gasteiger charge is -1.98. The number of alkyl halides is 1. The first kappa shape index (κ1) is 22.1. The van der Waals surface area contributed by atoms with E-state index >= 15 is 0 Å². The molecular weight excluding hydrogens is 436 g/mol. The van der Waals surface area contributed by atoms with Crippen molar-refractivity contribution in [1.29, 1.82) is 0 Å². The average molecular weight is 455 g/mol. The first-order chi connectivity index (χ1) is 14.7. The first-order valence-corrected chi connectivity index (χ1v) is 11.3. The molecule has 152 valence electrons. The zero-order valence-corrected chi connectivity index (χ0v) is 18.3. The van der Waals surface area contributed by atoms with E-state index in [1.165, 1.54) is 22.7 Å². The molecule has 2 aromatic heterocycles. The molecule has 0 aliphatic rings. The van der Waals surface area contributed by atoms with E-state index in [4.69, 9.17) is 16.7 Å². The molecule has 0 unspecified atom stereocenters. The number of halogens is 1. The Morgan fingerprint density at radius 1 is 0.667 bits per heavy atom. The fraction of sp³-hybridized carbons (Fsp3) is 0.0833. The predicted octanol–water partition coefficient (Wildman–Crippen LogP) is 6.69. The zero-order valence-electron chi connectivity index (χ0n) is 16.0. The smallest absolute Gasteiger partial charge is 0.160 e. The van der Waals surface area contributed by atoms with Crippen LogP contribution in [0.2, 0.25) is 0 Å². The van der Waals surface area contributed by atoms with Crippen molar-refractivity contribution in [2.24, 2.45) is 0 Å². The summed E-state index contributed by atoms with van der Waals surface area (Å²) in [5, 5.41) is 8.90. The molecule has 30 heavy (non-hydrogen) atoms. The van der Waals surface area contributed by atoms with E-state index in [-0.39, 0.29) is 6.61 Å². The highest BCUT2D eigenvalue weighted by molar-refractivity contribution is 7.17. The van der Waals surface area contributed by atoms with Gasteiger partial charge >= 0.3 is 0 Å². The van der Waals surface area contributed by atoms with Crippen molar-refractivity contribution in [3.05, 3.63) is 93.7 Å². The summed E-state index contributed by atoms with van der Waals surface area (Å²) in [5.41, 5.74) is 4.20. The molecule has 0 amide bonds. The number of aldehydes is 2. The quantitative estimate of drug-likeness (QED) is 0.261. The number of rotatable bonds is 6. The van der Waals surface area contributed by atoms with Gasteiger partial charge in [0.1, 0.15) is 0 Å². The second kappa shape index (κ2) is 11.0. The van der Waals surface area contributed by atoms with Gasteiger partial charge < -0.3 is 5.11 Å². The summed E-state index contributed by atoms with van der Waals surface area (Å²) in [5.74, 6) is 0.532. The van der Waals surface area contributed by atoms with Crippen LogP contribution in [0.15, 0.2) is 72.8 Å². The van der Waals surface area contributed by atoms with Crippen molar-refractivity contribution in [1.82, 2.24) is 0 Å². The molecule has 6 heteroatoms. The fourth-order valence-corrected chi connectivity index (χ4v) is 4.51. The van der Waals surface area contributed by atoms with Crippen LogP contribution in [-0.2, 0) is 12.5 Å². The van der Waals surface area contributed by atoms with Crippen molar-refractivity contribution >= 4 is 46.8 Å². The summed E-state index contributed by atoms with van der Waals surface area (Å²) in [6, 6.07) is 23.3. The van der Waals surface area contributed by atoms with E-state index in [1.807, 2.05) is 72.8 Å². The minimum absolute atomic E-state index is 0.0598. The largest absolute Gasteiger partial charge is 0.392 e. The molecule has 0 saturated carbocycles. The summed E-state index contributed by atoms with van der Waals surface area (Å²) < 4.78 is 0. The molecule has 1 N–H and O–H groups in total. The molecule has 2 aromatic carbocycles. The van der Waals surface area contributed by atoms with E-state index in [1.54, 1.807) is 0 Å². The topological polar surface area (TPSA) is 54.4 Å². The minimum Gasteiger partial charge on any atom is -0.392 e. The third-order valence-corrected chi connectivity index (χ3v) is 6.73. The molecule has 0 radical (unpaired) electrons. The number of hydrogen-bond donors (Lipinski definition) is 1. The van der Waals surface area contributed by atoms with E-state index in [0.29, 0.717) is 5.88 Å². The molecular formula is C24H19ClO3S2. The normalized spacial score (nSPS) is 10.2. The maximum Gasteiger partial charge on any atom is 0.160 e. The highest BCUT2D eigenvalue weighted by atomic mass is 35.5. The van der Waals surface area contributed by atoms with E-state index in [0.717, 1.165) is 54.3 Å². The van der Waals surface area contributed by atoms with Crippen LogP contribution in [-0.4, -0.2) is 17.7 Å². The predicted molar refractivity (Wildman–Crippen MR) is 126 cm³/mol. The number of aliphatic hydroxyl groups excluding tert-OH is 1. The van der Waals surface area contributed by atoms with Crippen molar-refractivity contribution in [2.45, 2.75) is 12.5 Å². The average Bonchev–Trinajstić information content (AvgIpc) is 3.49. The summed E-state index contributed by atoms with van der Waals surface area (Å²) in [4.78, 5) is 24.7. The molecule has 0 aliphatic heterocycles. The lowest BCUT2D eigenvalue weighted by atomic mass is 10.1. The standard InChI is InChI=1S/C12H9ClOS.C12H10O2S/c2*13-7-9-1-3-10(4-2-9)12-6-5-11(8-14)15-12/h1-6,8H,7H2;1-6,8,13H,7H2. The van der Waals surface area contributed by atoms with Gasteiger partial charge in [0, 0.05) is 15.6 Å². The molecule has 0 spiro atoms. The van der Waals surface area contributed by atoms with Gasteiger partial charge in [-0.25, -0.2) is 0 Å². The van der Waals surface area contributed by atoms with Gasteiger partial charge in [0.05, 0.1) is 16.4 Å². The molecule has 0 fully saturated rings. The molecule has 0 bridgehead atoms. The van der Waals surface area contributed by atoms with Gasteiger partial charge in [0.25, 0.3) is 0 Å². The third kappa shape index (κ3) is 5.74. The van der Waals surface area contributed by atoms with Crippen molar-refractivity contribution in [3.63, 3.8) is 0 Å². The number of aliphatic hydroxyl groups is 1. The highest BCUT2D eigenvalue weighted by Gasteiger charge is 2.03. The highest BCUT2D eigenvalue weighted by Crippen LogP contribution is 2.28. The first-order valence-electron chi connectivity index (χ1n) is 9.12. The molecule has 4 aromatic rings. The number of benzene rings is 2. The fourth-order valence-electron chi connectivity index (χ4n) is 2.68. The van der Waals surface area contributed by atoms with Crippen molar-refractivity contribution in [2.75, 3.05) is 0 Å². The molecule has 3 nitrogen and oxygen atoms in total. The zero-order chi connectivity index (χ0) is 21.3. The molecule has 4 rings (SSSR count). The minimum atomic E-state index is 0.0598. The Morgan fingerprint density at radius 3 is 1.43 bits per heavy atom. The maximum atomic E-state index is 10.5. The van der Waals surface area contributed by atoms with Gasteiger partial charge in [-0.2, -0.15) is 0 Å². The van der Waals surface area contributed by atoms with E-state index < -0.39 is 0 Å². The molecule has 0 atom stereocenters. The Kier molecular flexibility index (Phi) is 8.11. The Labute approximate surface area is 188 Å². The Hall–Kier alpha value is -2.57. The summed E-state index contributed by atoms with van der Waals surface area (Å²) in [7, 11) is 0. The van der Waals surface area contributed by atoms with E-state index in [9.17, 15) is 9.59 Å². The Bertz CT molecular complexity index is 1010. The van der Waals surface area contributed by atoms with Crippen LogP contribution in [0.1, 0.15) is 30.5 Å². The number of carbonyl (C=O) groups excluding carboxylic acids is 2. The van der Waals surface area contributed by atoms with Gasteiger partial charge in [-0.3, -0.25) is 9.59 Å². The molecule has 0 saturated heterocycles. The van der Waals surface area contributed by atoms with Gasteiger partial charge in [0.2, 0.25) is 0 Å². The van der Waals surface area contributed by atoms with Gasteiger partial charge in [0.15, 0.2) is 12.6 Å². The van der Waals surface area contributed by atoms with Crippen LogP contribution >= 0.6 is 34.3 Å². The van der Waals surface area contributed by atoms with Gasteiger partial charge in [-0.15, -0.1) is 34.3 Å². The third-order valence-electron chi connectivity index (χ3n) is 4.30. The van der Waals surface area contributed by atoms with Crippen LogP contribution in [0.4, 0.5) is 0 Å². The van der Waals surface area contributed by atoms with Gasteiger partial charge in [-0.05, 0) is 46.5 Å². The summed E-state index contributed by atoms with van der Waals surface area (Å²) in [6.45, 7) is 0.0598. The maximum absolute atomic E-state index is 10.5. The summed E-state index contributed by atoms with van der Waals surface area (Å²) >= 11 is 8.68. The van der Waals surface area contributed by atoms with Crippen LogP contribution in [0.3, 0.4) is 0 Å². The molecule has 0 aliphatic carbocycles. The lowest BCUT2D eigenvalue weighted by molar-refractivity contribution is 0.111. The number of hydrogen-bond acceptors (Lipinski definition) is 5. The molecule has 2 heterocycles. The van der Waals surface area contributed by atoms with Crippen molar-refractivity contribution < 1.29 is 14.7 Å². The Morgan fingerprint density at radius 2 is 1.10 bits per heavy atom. The van der Waals surface area contributed by atoms with Crippen LogP contribution in [0.25, 0.3) is 20.9 Å². The second-order valence-corrected chi connectivity index (χ2v) is 8.82. The lowest BCUT2D eigenvalue weighted by Crippen LogP contribution is -1.81. The van der Waals surface area contributed by atoms with Crippen LogP contribution < -0.4 is 0 Å².